The van der Waals surface area contributed by atoms with Crippen molar-refractivity contribution < 1.29 is 12.8 Å². The second kappa shape index (κ2) is 5.81. The Kier molecular flexibility index (Phi) is 4.30. The van der Waals surface area contributed by atoms with Gasteiger partial charge in [0.05, 0.1) is 11.4 Å². The molecule has 2 aromatic carbocycles. The maximum atomic E-state index is 13.5. The van der Waals surface area contributed by atoms with Crippen LogP contribution in [0.25, 0.3) is 0 Å². The van der Waals surface area contributed by atoms with Gasteiger partial charge in [-0.2, -0.15) is 0 Å². The van der Waals surface area contributed by atoms with Gasteiger partial charge in [0.15, 0.2) is 0 Å². The third-order valence-corrected chi connectivity index (χ3v) is 4.15. The quantitative estimate of drug-likeness (QED) is 0.935. The third kappa shape index (κ3) is 3.95. The number of sulfonamides is 1. The largest absolute Gasteiger partial charge is 0.280 e. The SMILES string of the molecule is Cc1ccc(CS(=O)(=O)Nc2cc(Cl)ccc2F)cc1. The predicted octanol–water partition coefficient (Wildman–Crippen LogP) is 3.73. The van der Waals surface area contributed by atoms with E-state index in [1.807, 2.05) is 19.1 Å². The Morgan fingerprint density at radius 1 is 1.15 bits per heavy atom. The predicted molar refractivity (Wildman–Crippen MR) is 78.8 cm³/mol. The summed E-state index contributed by atoms with van der Waals surface area (Å²) in [7, 11) is -3.69. The van der Waals surface area contributed by atoms with Crippen LogP contribution < -0.4 is 4.72 Å². The number of hydrogen-bond donors (Lipinski definition) is 1. The highest BCUT2D eigenvalue weighted by Gasteiger charge is 2.14. The van der Waals surface area contributed by atoms with Gasteiger partial charge in [0, 0.05) is 5.02 Å². The average molecular weight is 314 g/mol. The molecular formula is C14H13ClFNO2S. The number of hydrogen-bond acceptors (Lipinski definition) is 2. The second-order valence-corrected chi connectivity index (χ2v) is 6.63. The highest BCUT2D eigenvalue weighted by molar-refractivity contribution is 7.91. The summed E-state index contributed by atoms with van der Waals surface area (Å²) in [6.45, 7) is 1.91. The Morgan fingerprint density at radius 3 is 2.45 bits per heavy atom. The first kappa shape index (κ1) is 14.8. The summed E-state index contributed by atoms with van der Waals surface area (Å²) in [6, 6.07) is 10.8. The van der Waals surface area contributed by atoms with Crippen molar-refractivity contribution in [1.29, 1.82) is 0 Å². The summed E-state index contributed by atoms with van der Waals surface area (Å²) in [5.74, 6) is -0.888. The molecule has 3 nitrogen and oxygen atoms in total. The molecule has 6 heteroatoms. The third-order valence-electron chi connectivity index (χ3n) is 2.67. The molecule has 0 radical (unpaired) electrons. The van der Waals surface area contributed by atoms with E-state index in [0.717, 1.165) is 11.6 Å². The normalized spacial score (nSPS) is 11.3. The van der Waals surface area contributed by atoms with Gasteiger partial charge >= 0.3 is 0 Å². The number of halogens is 2. The van der Waals surface area contributed by atoms with Crippen LogP contribution in [0.15, 0.2) is 42.5 Å². The highest BCUT2D eigenvalue weighted by atomic mass is 35.5. The van der Waals surface area contributed by atoms with Crippen LogP contribution >= 0.6 is 11.6 Å². The molecule has 2 rings (SSSR count). The fourth-order valence-electron chi connectivity index (χ4n) is 1.68. The van der Waals surface area contributed by atoms with E-state index in [-0.39, 0.29) is 16.5 Å². The summed E-state index contributed by atoms with van der Waals surface area (Å²) in [5, 5.41) is 0.263. The van der Waals surface area contributed by atoms with E-state index >= 15 is 0 Å². The molecule has 0 spiro atoms. The van der Waals surface area contributed by atoms with Crippen molar-refractivity contribution in [3.05, 3.63) is 64.4 Å². The van der Waals surface area contributed by atoms with E-state index in [4.69, 9.17) is 11.6 Å². The van der Waals surface area contributed by atoms with Gasteiger partial charge < -0.3 is 0 Å². The van der Waals surface area contributed by atoms with Gasteiger partial charge in [-0.25, -0.2) is 12.8 Å². The van der Waals surface area contributed by atoms with Crippen LogP contribution in [-0.4, -0.2) is 8.42 Å². The Bertz CT molecular complexity index is 714. The minimum atomic E-state index is -3.69. The van der Waals surface area contributed by atoms with Crippen LogP contribution in [0.1, 0.15) is 11.1 Å². The molecule has 1 N–H and O–H groups in total. The Balaban J connectivity index is 2.19. The van der Waals surface area contributed by atoms with Gasteiger partial charge in [-0.3, -0.25) is 4.72 Å². The molecule has 2 aromatic rings. The Hall–Kier alpha value is -1.59. The summed E-state index contributed by atoms with van der Waals surface area (Å²) in [5.41, 5.74) is 1.52. The molecule has 0 aliphatic rings. The lowest BCUT2D eigenvalue weighted by Crippen LogP contribution is -2.16. The highest BCUT2D eigenvalue weighted by Crippen LogP contribution is 2.21. The van der Waals surface area contributed by atoms with Crippen molar-refractivity contribution in [3.8, 4) is 0 Å². The summed E-state index contributed by atoms with van der Waals surface area (Å²) in [4.78, 5) is 0. The molecule has 0 unspecified atom stereocenters. The lowest BCUT2D eigenvalue weighted by molar-refractivity contribution is 0.598. The van der Waals surface area contributed by atoms with E-state index in [2.05, 4.69) is 4.72 Å². The van der Waals surface area contributed by atoms with Crippen LogP contribution in [0.5, 0.6) is 0 Å². The van der Waals surface area contributed by atoms with Crippen molar-refractivity contribution in [1.82, 2.24) is 0 Å². The number of aryl methyl sites for hydroxylation is 1. The molecule has 0 amide bonds. The molecular weight excluding hydrogens is 301 g/mol. The van der Waals surface area contributed by atoms with Crippen LogP contribution in [0.2, 0.25) is 5.02 Å². The van der Waals surface area contributed by atoms with Gasteiger partial charge in [-0.05, 0) is 30.7 Å². The standard InChI is InChI=1S/C14H13ClFNO2S/c1-10-2-4-11(5-3-10)9-20(18,19)17-14-8-12(15)6-7-13(14)16/h2-8,17H,9H2,1H3. The summed E-state index contributed by atoms with van der Waals surface area (Å²) < 4.78 is 39.7. The molecule has 106 valence electrons. The molecule has 0 heterocycles. The first-order valence-electron chi connectivity index (χ1n) is 5.87. The molecule has 0 fully saturated rings. The number of benzene rings is 2. The van der Waals surface area contributed by atoms with Gasteiger partial charge in [-0.15, -0.1) is 0 Å². The summed E-state index contributed by atoms with van der Waals surface area (Å²) in [6.07, 6.45) is 0. The van der Waals surface area contributed by atoms with Crippen LogP contribution in [0.3, 0.4) is 0 Å². The fourth-order valence-corrected chi connectivity index (χ4v) is 3.05. The lowest BCUT2D eigenvalue weighted by Gasteiger charge is -2.09. The second-order valence-electron chi connectivity index (χ2n) is 4.47. The minimum absolute atomic E-state index is 0.149. The van der Waals surface area contributed by atoms with E-state index < -0.39 is 15.8 Å². The van der Waals surface area contributed by atoms with Crippen molar-refractivity contribution in [2.45, 2.75) is 12.7 Å². The van der Waals surface area contributed by atoms with Crippen molar-refractivity contribution in [2.75, 3.05) is 4.72 Å². The molecule has 0 saturated carbocycles. The smallest absolute Gasteiger partial charge is 0.237 e. The van der Waals surface area contributed by atoms with E-state index in [1.54, 1.807) is 12.1 Å². The number of rotatable bonds is 4. The first-order chi connectivity index (χ1) is 9.35. The number of anilines is 1. The van der Waals surface area contributed by atoms with Crippen LogP contribution in [0, 0.1) is 12.7 Å². The van der Waals surface area contributed by atoms with Gasteiger partial charge in [-0.1, -0.05) is 41.4 Å². The zero-order valence-corrected chi connectivity index (χ0v) is 12.3. The number of nitrogens with one attached hydrogen (secondary N) is 1. The maximum absolute atomic E-state index is 13.5. The fraction of sp³-hybridized carbons (Fsp3) is 0.143. The lowest BCUT2D eigenvalue weighted by atomic mass is 10.2. The minimum Gasteiger partial charge on any atom is -0.280 e. The zero-order chi connectivity index (χ0) is 14.8. The van der Waals surface area contributed by atoms with Crippen LogP contribution in [0.4, 0.5) is 10.1 Å². The van der Waals surface area contributed by atoms with E-state index in [9.17, 15) is 12.8 Å². The average Bonchev–Trinajstić information content (AvgIpc) is 2.36. The van der Waals surface area contributed by atoms with Crippen molar-refractivity contribution in [2.24, 2.45) is 0 Å². The topological polar surface area (TPSA) is 46.2 Å². The van der Waals surface area contributed by atoms with Gasteiger partial charge in [0.1, 0.15) is 5.82 Å². The van der Waals surface area contributed by atoms with E-state index in [0.29, 0.717) is 5.56 Å². The van der Waals surface area contributed by atoms with Gasteiger partial charge in [0.25, 0.3) is 0 Å². The monoisotopic (exact) mass is 313 g/mol. The molecule has 0 bridgehead atoms. The van der Waals surface area contributed by atoms with Gasteiger partial charge in [0.2, 0.25) is 10.0 Å². The van der Waals surface area contributed by atoms with Crippen LogP contribution in [-0.2, 0) is 15.8 Å². The molecule has 0 saturated heterocycles. The van der Waals surface area contributed by atoms with Crippen molar-refractivity contribution >= 4 is 27.3 Å². The molecule has 0 atom stereocenters. The molecule has 0 aliphatic carbocycles. The van der Waals surface area contributed by atoms with E-state index in [1.165, 1.54) is 12.1 Å². The maximum Gasteiger partial charge on any atom is 0.237 e. The summed E-state index contributed by atoms with van der Waals surface area (Å²) >= 11 is 5.72. The molecule has 0 aromatic heterocycles. The molecule has 20 heavy (non-hydrogen) atoms. The first-order valence-corrected chi connectivity index (χ1v) is 7.90. The van der Waals surface area contributed by atoms with Crippen molar-refractivity contribution in [3.63, 3.8) is 0 Å². The zero-order valence-electron chi connectivity index (χ0n) is 10.7. The molecule has 0 aliphatic heterocycles. The Morgan fingerprint density at radius 2 is 1.80 bits per heavy atom. The Labute approximate surface area is 122 Å².